The Morgan fingerprint density at radius 1 is 0.875 bits per heavy atom. The molecule has 0 aliphatic heterocycles. The molecular formula is C5H6AlMgSi+5. The van der Waals surface area contributed by atoms with Crippen molar-refractivity contribution in [1.82, 2.24) is 0 Å². The standard InChI is InChI=1S/C5H6Si.Al.Mg/c1-2-4-6-5-3-1;;/h1-6H;;/q;+3;+2. The van der Waals surface area contributed by atoms with Gasteiger partial charge < -0.3 is 0 Å². The maximum absolute atomic E-state index is 2.21. The zero-order chi connectivity index (χ0) is 4.24. The second-order valence-corrected chi connectivity index (χ2v) is 2.31. The predicted octanol–water partition coefficient (Wildman–Crippen LogP) is -0.00460. The maximum atomic E-state index is 2.21. The Bertz CT molecular complexity index is 84.4. The van der Waals surface area contributed by atoms with Gasteiger partial charge in [-0.05, 0) is 0 Å². The zero-order valence-electron chi connectivity index (χ0n) is 4.75. The van der Waals surface area contributed by atoms with Crippen LogP contribution in [-0.2, 0) is 0 Å². The summed E-state index contributed by atoms with van der Waals surface area (Å²) in [5.41, 5.74) is 4.42. The molecule has 0 aliphatic carbocycles. The molecule has 0 atom stereocenters. The van der Waals surface area contributed by atoms with Crippen molar-refractivity contribution in [2.75, 3.05) is 0 Å². The minimum atomic E-state index is 0. The fourth-order valence-corrected chi connectivity index (χ4v) is 1.03. The van der Waals surface area contributed by atoms with E-state index in [1.54, 1.807) is 0 Å². The minimum absolute atomic E-state index is 0. The van der Waals surface area contributed by atoms with Crippen LogP contribution in [0.4, 0.5) is 0 Å². The average Bonchev–Trinajstić information content (AvgIpc) is 1.72. The van der Waals surface area contributed by atoms with E-state index in [2.05, 4.69) is 29.6 Å². The van der Waals surface area contributed by atoms with Gasteiger partial charge in [0.1, 0.15) is 0 Å². The molecule has 1 heterocycles. The van der Waals surface area contributed by atoms with Crippen molar-refractivity contribution in [3.8, 4) is 0 Å². The van der Waals surface area contributed by atoms with Crippen molar-refractivity contribution in [1.29, 1.82) is 0 Å². The molecule has 0 amide bonds. The Morgan fingerprint density at radius 3 is 1.50 bits per heavy atom. The van der Waals surface area contributed by atoms with Crippen molar-refractivity contribution in [3.63, 3.8) is 0 Å². The SMILES string of the molecule is [Al+3].[Mg+2].c1cc[siH]cc1. The molecule has 3 heteroatoms. The largest absolute Gasteiger partial charge is 3.00 e. The third-order valence-corrected chi connectivity index (χ3v) is 1.56. The number of hydrogen-bond acceptors (Lipinski definition) is 0. The van der Waals surface area contributed by atoms with Crippen LogP contribution >= 0.6 is 0 Å². The molecule has 0 bridgehead atoms. The smallest absolute Gasteiger partial charge is 0.0805 e. The van der Waals surface area contributed by atoms with E-state index in [9.17, 15) is 0 Å². The van der Waals surface area contributed by atoms with Crippen molar-refractivity contribution in [3.05, 3.63) is 29.6 Å². The zero-order valence-corrected chi connectivity index (χ0v) is 8.47. The van der Waals surface area contributed by atoms with Crippen molar-refractivity contribution < 1.29 is 0 Å². The predicted molar refractivity (Wildman–Crippen MR) is 40.7 cm³/mol. The third kappa shape index (κ3) is 5.01. The van der Waals surface area contributed by atoms with Crippen LogP contribution in [0.15, 0.2) is 29.6 Å². The van der Waals surface area contributed by atoms with E-state index in [4.69, 9.17) is 0 Å². The Balaban J connectivity index is 0. The molecule has 0 fully saturated rings. The van der Waals surface area contributed by atoms with Gasteiger partial charge in [-0.3, -0.25) is 0 Å². The van der Waals surface area contributed by atoms with E-state index in [0.717, 1.165) is 0 Å². The molecule has 0 spiro atoms. The summed E-state index contributed by atoms with van der Waals surface area (Å²) in [6.07, 6.45) is 0. The van der Waals surface area contributed by atoms with Crippen molar-refractivity contribution >= 4 is 49.5 Å². The molecule has 0 aromatic carbocycles. The van der Waals surface area contributed by atoms with Crippen LogP contribution in [-0.4, -0.2) is 49.5 Å². The second-order valence-electron chi connectivity index (χ2n) is 1.15. The van der Waals surface area contributed by atoms with Gasteiger partial charge in [-0.1, -0.05) is 29.6 Å². The summed E-state index contributed by atoms with van der Waals surface area (Å²) >= 11 is 0. The van der Waals surface area contributed by atoms with Gasteiger partial charge in [0, 0.05) is 9.12 Å². The van der Waals surface area contributed by atoms with Gasteiger partial charge in [0.15, 0.2) is 0 Å². The third-order valence-electron chi connectivity index (χ3n) is 0.667. The molecule has 0 N–H and O–H groups in total. The van der Waals surface area contributed by atoms with Crippen molar-refractivity contribution in [2.45, 2.75) is 0 Å². The first-order valence-corrected chi connectivity index (χ1v) is 3.33. The first kappa shape index (κ1) is 11.6. The number of hydrogen-bond donors (Lipinski definition) is 0. The van der Waals surface area contributed by atoms with Gasteiger partial charge in [-0.15, -0.1) is 0 Å². The van der Waals surface area contributed by atoms with Crippen molar-refractivity contribution in [2.24, 2.45) is 0 Å². The molecule has 0 unspecified atom stereocenters. The van der Waals surface area contributed by atoms with Gasteiger partial charge >= 0.3 is 40.4 Å². The fraction of sp³-hybridized carbons (Fsp3) is 0. The average molecular weight is 145 g/mol. The molecular weight excluding hydrogens is 139 g/mol. The van der Waals surface area contributed by atoms with Gasteiger partial charge in [-0.25, -0.2) is 0 Å². The topological polar surface area (TPSA) is 0 Å². The molecule has 0 saturated carbocycles. The first-order valence-electron chi connectivity index (χ1n) is 2.00. The van der Waals surface area contributed by atoms with E-state index in [1.165, 1.54) is 0 Å². The van der Waals surface area contributed by atoms with Gasteiger partial charge in [-0.2, -0.15) is 0 Å². The summed E-state index contributed by atoms with van der Waals surface area (Å²) < 4.78 is 0. The van der Waals surface area contributed by atoms with Crippen LogP contribution in [0.2, 0.25) is 0 Å². The van der Waals surface area contributed by atoms with Crippen LogP contribution in [0.25, 0.3) is 0 Å². The molecule has 0 radical (unpaired) electrons. The Labute approximate surface area is 78.7 Å². The normalized spacial score (nSPS) is 6.00. The fourth-order valence-electron chi connectivity index (χ4n) is 0.385. The summed E-state index contributed by atoms with van der Waals surface area (Å²) in [7, 11) is 0.513. The number of rotatable bonds is 0. The van der Waals surface area contributed by atoms with E-state index in [0.29, 0.717) is 9.12 Å². The molecule has 1 rings (SSSR count). The summed E-state index contributed by atoms with van der Waals surface area (Å²) in [6, 6.07) is 6.24. The molecule has 0 nitrogen and oxygen atoms in total. The molecule has 0 saturated heterocycles. The van der Waals surface area contributed by atoms with Crippen LogP contribution in [0.5, 0.6) is 0 Å². The minimum Gasteiger partial charge on any atom is -0.0805 e. The van der Waals surface area contributed by atoms with Crippen LogP contribution in [0.1, 0.15) is 0 Å². The maximum Gasteiger partial charge on any atom is 3.00 e. The molecule has 30 valence electrons. The molecule has 0 aliphatic rings. The van der Waals surface area contributed by atoms with Crippen LogP contribution in [0, 0.1) is 0 Å². The summed E-state index contributed by atoms with van der Waals surface area (Å²) in [5.74, 6) is 0. The van der Waals surface area contributed by atoms with Gasteiger partial charge in [0.25, 0.3) is 0 Å². The van der Waals surface area contributed by atoms with E-state index < -0.39 is 0 Å². The van der Waals surface area contributed by atoms with Crippen LogP contribution < -0.4 is 0 Å². The summed E-state index contributed by atoms with van der Waals surface area (Å²) in [6.45, 7) is 0. The van der Waals surface area contributed by atoms with Gasteiger partial charge in [0.2, 0.25) is 0 Å². The van der Waals surface area contributed by atoms with E-state index in [1.807, 2.05) is 0 Å². The van der Waals surface area contributed by atoms with Crippen LogP contribution in [0.3, 0.4) is 0 Å². The Kier molecular flexibility index (Phi) is 11.4. The molecule has 1 aromatic heterocycles. The quantitative estimate of drug-likeness (QED) is 0.451. The molecule has 8 heavy (non-hydrogen) atoms. The van der Waals surface area contributed by atoms with E-state index in [-0.39, 0.29) is 40.4 Å². The second kappa shape index (κ2) is 7.87. The van der Waals surface area contributed by atoms with E-state index >= 15 is 0 Å². The summed E-state index contributed by atoms with van der Waals surface area (Å²) in [4.78, 5) is 0. The monoisotopic (exact) mass is 145 g/mol. The Hall–Kier alpha value is 0.866. The first-order chi connectivity index (χ1) is 3.00. The summed E-state index contributed by atoms with van der Waals surface area (Å²) in [5, 5.41) is 0. The Morgan fingerprint density at radius 2 is 1.38 bits per heavy atom. The van der Waals surface area contributed by atoms with Gasteiger partial charge in [0.05, 0.1) is 0 Å². The molecule has 1 aromatic rings.